The number of amides is 2. The third-order valence-corrected chi connectivity index (χ3v) is 5.62. The smallest absolute Gasteiger partial charge is 0.268 e. The van der Waals surface area contributed by atoms with Crippen LogP contribution in [-0.2, 0) is 4.79 Å². The van der Waals surface area contributed by atoms with Gasteiger partial charge in [-0.1, -0.05) is 17.7 Å². The molecular formula is C27H28N2O5. The highest BCUT2D eigenvalue weighted by Gasteiger charge is 2.35. The van der Waals surface area contributed by atoms with Crippen LogP contribution in [0, 0.1) is 6.92 Å². The first-order valence-electron chi connectivity index (χ1n) is 11.0. The molecular weight excluding hydrogens is 432 g/mol. The van der Waals surface area contributed by atoms with E-state index in [1.165, 1.54) is 12.3 Å². The number of hydrogen-bond donors (Lipinski definition) is 2. The van der Waals surface area contributed by atoms with Crippen molar-refractivity contribution in [2.75, 3.05) is 7.11 Å². The molecule has 176 valence electrons. The summed E-state index contributed by atoms with van der Waals surface area (Å²) in [6, 6.07) is 15.8. The summed E-state index contributed by atoms with van der Waals surface area (Å²) in [5, 5.41) is 5.80. The fourth-order valence-electron chi connectivity index (χ4n) is 3.90. The molecule has 2 amide bonds. The average Bonchev–Trinajstić information content (AvgIpc) is 3.31. The lowest BCUT2D eigenvalue weighted by Gasteiger charge is -2.38. The van der Waals surface area contributed by atoms with E-state index < -0.39 is 11.5 Å². The van der Waals surface area contributed by atoms with Crippen LogP contribution in [0.1, 0.15) is 53.6 Å². The van der Waals surface area contributed by atoms with Gasteiger partial charge >= 0.3 is 0 Å². The monoisotopic (exact) mass is 460 g/mol. The normalized spacial score (nSPS) is 16.7. The molecule has 0 saturated heterocycles. The molecule has 2 heterocycles. The minimum atomic E-state index is -0.507. The summed E-state index contributed by atoms with van der Waals surface area (Å²) in [6.45, 7) is 5.88. The summed E-state index contributed by atoms with van der Waals surface area (Å²) in [5.74, 6) is 0.963. The van der Waals surface area contributed by atoms with Crippen LogP contribution in [-0.4, -0.2) is 24.5 Å². The van der Waals surface area contributed by atoms with Crippen LogP contribution in [0.5, 0.6) is 11.5 Å². The first-order valence-corrected chi connectivity index (χ1v) is 11.0. The molecule has 7 heteroatoms. The summed E-state index contributed by atoms with van der Waals surface area (Å²) < 4.78 is 16.8. The van der Waals surface area contributed by atoms with Crippen molar-refractivity contribution in [2.45, 2.75) is 38.8 Å². The van der Waals surface area contributed by atoms with Gasteiger partial charge in [0.25, 0.3) is 11.8 Å². The van der Waals surface area contributed by atoms with E-state index in [0.29, 0.717) is 29.2 Å². The molecule has 1 aromatic heterocycles. The van der Waals surface area contributed by atoms with Crippen LogP contribution < -0.4 is 20.1 Å². The highest BCUT2D eigenvalue weighted by Crippen LogP contribution is 2.41. The highest BCUT2D eigenvalue weighted by molar-refractivity contribution is 6.05. The average molecular weight is 461 g/mol. The van der Waals surface area contributed by atoms with Gasteiger partial charge in [-0.3, -0.25) is 9.59 Å². The van der Waals surface area contributed by atoms with Gasteiger partial charge in [0.2, 0.25) is 0 Å². The number of benzene rings is 2. The van der Waals surface area contributed by atoms with E-state index in [9.17, 15) is 9.59 Å². The minimum Gasteiger partial charge on any atom is -0.497 e. The number of rotatable bonds is 6. The Morgan fingerprint density at radius 2 is 1.88 bits per heavy atom. The van der Waals surface area contributed by atoms with Crippen LogP contribution in [0.4, 0.5) is 0 Å². The first kappa shape index (κ1) is 23.2. The number of nitrogens with one attached hydrogen (secondary N) is 2. The molecule has 7 nitrogen and oxygen atoms in total. The summed E-state index contributed by atoms with van der Waals surface area (Å²) in [4.78, 5) is 26.3. The van der Waals surface area contributed by atoms with Gasteiger partial charge in [0.1, 0.15) is 28.6 Å². The fraction of sp³-hybridized carbons (Fsp3) is 0.259. The summed E-state index contributed by atoms with van der Waals surface area (Å²) >= 11 is 0. The van der Waals surface area contributed by atoms with Crippen molar-refractivity contribution in [3.8, 4) is 11.5 Å². The van der Waals surface area contributed by atoms with Gasteiger partial charge in [-0.05, 0) is 57.2 Å². The van der Waals surface area contributed by atoms with E-state index in [-0.39, 0.29) is 17.6 Å². The maximum atomic E-state index is 13.4. The predicted molar refractivity (Wildman–Crippen MR) is 129 cm³/mol. The topological polar surface area (TPSA) is 89.8 Å². The second-order valence-corrected chi connectivity index (χ2v) is 8.89. The van der Waals surface area contributed by atoms with Gasteiger partial charge in [0.15, 0.2) is 0 Å². The van der Waals surface area contributed by atoms with E-state index in [1.807, 2.05) is 51.1 Å². The van der Waals surface area contributed by atoms with Crippen LogP contribution in [0.2, 0.25) is 0 Å². The Morgan fingerprint density at radius 3 is 2.56 bits per heavy atom. The van der Waals surface area contributed by atoms with Crippen LogP contribution in [0.3, 0.4) is 0 Å². The van der Waals surface area contributed by atoms with E-state index in [2.05, 4.69) is 10.6 Å². The predicted octanol–water partition coefficient (Wildman–Crippen LogP) is 4.79. The molecule has 0 aliphatic carbocycles. The number of carbonyl (C=O) groups is 2. The molecule has 2 aromatic carbocycles. The van der Waals surface area contributed by atoms with E-state index >= 15 is 0 Å². The number of ether oxygens (including phenoxy) is 2. The Hall–Kier alpha value is -4.00. The number of carbonyl (C=O) groups excluding carboxylic acids is 2. The van der Waals surface area contributed by atoms with Crippen molar-refractivity contribution in [1.82, 2.24) is 10.6 Å². The van der Waals surface area contributed by atoms with Crippen molar-refractivity contribution >= 4 is 17.9 Å². The molecule has 0 fully saturated rings. The number of hydrogen-bond acceptors (Lipinski definition) is 5. The van der Waals surface area contributed by atoms with Gasteiger partial charge < -0.3 is 24.5 Å². The molecule has 0 saturated carbocycles. The lowest BCUT2D eigenvalue weighted by Crippen LogP contribution is -2.43. The second kappa shape index (κ2) is 9.47. The van der Waals surface area contributed by atoms with Gasteiger partial charge in [0.05, 0.1) is 19.4 Å². The van der Waals surface area contributed by atoms with Crippen molar-refractivity contribution in [1.29, 1.82) is 0 Å². The van der Waals surface area contributed by atoms with Gasteiger partial charge in [0, 0.05) is 29.7 Å². The molecule has 1 aliphatic rings. The van der Waals surface area contributed by atoms with Crippen LogP contribution in [0.25, 0.3) is 6.08 Å². The Balaban J connectivity index is 1.61. The maximum absolute atomic E-state index is 13.4. The van der Waals surface area contributed by atoms with Gasteiger partial charge in [-0.2, -0.15) is 0 Å². The standard InChI is InChI=1S/C27H28N2O5/c1-17-7-9-18(10-8-17)25(30)28-22(14-20-6-5-13-33-20)26(31)29-23-16-27(2,3)34-24-15-19(32-4)11-12-21(23)24/h5-15,23H,16H2,1-4H3,(H,28,30)(H,29,31)/b22-14-. The van der Waals surface area contributed by atoms with Crippen molar-refractivity contribution in [3.63, 3.8) is 0 Å². The molecule has 0 spiro atoms. The molecule has 4 rings (SSSR count). The molecule has 1 unspecified atom stereocenters. The zero-order valence-electron chi connectivity index (χ0n) is 19.7. The summed E-state index contributed by atoms with van der Waals surface area (Å²) in [6.07, 6.45) is 3.58. The van der Waals surface area contributed by atoms with Crippen molar-refractivity contribution < 1.29 is 23.5 Å². The molecule has 34 heavy (non-hydrogen) atoms. The lowest BCUT2D eigenvalue weighted by atomic mass is 9.89. The molecule has 0 bridgehead atoms. The number of aryl methyl sites for hydroxylation is 1. The second-order valence-electron chi connectivity index (χ2n) is 8.89. The highest BCUT2D eigenvalue weighted by atomic mass is 16.5. The lowest BCUT2D eigenvalue weighted by molar-refractivity contribution is -0.119. The number of furan rings is 1. The molecule has 3 aromatic rings. The Bertz CT molecular complexity index is 1210. The van der Waals surface area contributed by atoms with Crippen LogP contribution in [0.15, 0.2) is 71.0 Å². The molecule has 1 atom stereocenters. The van der Waals surface area contributed by atoms with Gasteiger partial charge in [-0.25, -0.2) is 0 Å². The first-order chi connectivity index (χ1) is 16.2. The largest absolute Gasteiger partial charge is 0.497 e. The zero-order valence-corrected chi connectivity index (χ0v) is 19.7. The van der Waals surface area contributed by atoms with Crippen molar-refractivity contribution in [3.05, 3.63) is 89.0 Å². The summed E-state index contributed by atoms with van der Waals surface area (Å²) in [7, 11) is 1.59. The van der Waals surface area contributed by atoms with Gasteiger partial charge in [-0.15, -0.1) is 0 Å². The maximum Gasteiger partial charge on any atom is 0.268 e. The third-order valence-electron chi connectivity index (χ3n) is 5.62. The molecule has 2 N–H and O–H groups in total. The number of methoxy groups -OCH3 is 1. The van der Waals surface area contributed by atoms with E-state index in [4.69, 9.17) is 13.9 Å². The van der Waals surface area contributed by atoms with E-state index in [1.54, 1.807) is 31.4 Å². The fourth-order valence-corrected chi connectivity index (χ4v) is 3.90. The zero-order chi connectivity index (χ0) is 24.3. The van der Waals surface area contributed by atoms with E-state index in [0.717, 1.165) is 11.1 Å². The third kappa shape index (κ3) is 5.31. The Morgan fingerprint density at radius 1 is 1.12 bits per heavy atom. The minimum absolute atomic E-state index is 0.0832. The SMILES string of the molecule is COc1ccc2c(c1)OC(C)(C)CC2NC(=O)/C(=C/c1ccco1)NC(=O)c1ccc(C)cc1. The Labute approximate surface area is 198 Å². The summed E-state index contributed by atoms with van der Waals surface area (Å²) in [5.41, 5.74) is 1.91. The van der Waals surface area contributed by atoms with Crippen LogP contribution >= 0.6 is 0 Å². The number of fused-ring (bicyclic) bond motifs is 1. The quantitative estimate of drug-likeness (QED) is 0.517. The molecule has 0 radical (unpaired) electrons. The molecule has 1 aliphatic heterocycles. The Kier molecular flexibility index (Phi) is 6.45. The van der Waals surface area contributed by atoms with Crippen molar-refractivity contribution in [2.24, 2.45) is 0 Å².